The first-order valence-corrected chi connectivity index (χ1v) is 7.86. The number of ether oxygens (including phenoxy) is 2. The molecule has 0 aromatic carbocycles. The summed E-state index contributed by atoms with van der Waals surface area (Å²) in [6.45, 7) is 2.24. The number of esters is 1. The van der Waals surface area contributed by atoms with Crippen molar-refractivity contribution in [1.82, 2.24) is 0 Å². The average molecular weight is 362 g/mol. The highest BCUT2D eigenvalue weighted by Gasteiger charge is 2.45. The Hall–Kier alpha value is -1.33. The third kappa shape index (κ3) is 5.86. The van der Waals surface area contributed by atoms with Crippen molar-refractivity contribution in [1.29, 1.82) is 0 Å². The summed E-state index contributed by atoms with van der Waals surface area (Å²) in [7, 11) is 0. The second-order valence-electron chi connectivity index (χ2n) is 5.87. The van der Waals surface area contributed by atoms with Gasteiger partial charge < -0.3 is 40.1 Å². The van der Waals surface area contributed by atoms with Gasteiger partial charge >= 0.3 is 5.97 Å². The van der Waals surface area contributed by atoms with Gasteiger partial charge in [-0.05, 0) is 25.8 Å². The van der Waals surface area contributed by atoms with Crippen LogP contribution in [0, 0.1) is 0 Å². The van der Waals surface area contributed by atoms with Gasteiger partial charge in [-0.25, -0.2) is 4.79 Å². The van der Waals surface area contributed by atoms with E-state index in [9.17, 15) is 25.2 Å². The van der Waals surface area contributed by atoms with Crippen LogP contribution in [0.4, 0.5) is 0 Å². The van der Waals surface area contributed by atoms with E-state index in [1.165, 1.54) is 19.1 Å². The zero-order chi connectivity index (χ0) is 19.1. The SMILES string of the molecule is C/C(=C\C[C@@H](O)/C(C)=C/CO)C(=O)O[C@@H]1O[C@H](CO)[C@@H](O)[C@H](O)[C@H]1O. The molecule has 0 bridgehead atoms. The van der Waals surface area contributed by atoms with E-state index in [4.69, 9.17) is 19.7 Å². The number of aliphatic hydroxyl groups excluding tert-OH is 6. The van der Waals surface area contributed by atoms with Gasteiger partial charge in [0.2, 0.25) is 6.29 Å². The van der Waals surface area contributed by atoms with Crippen molar-refractivity contribution in [2.75, 3.05) is 13.2 Å². The van der Waals surface area contributed by atoms with Gasteiger partial charge in [-0.1, -0.05) is 12.2 Å². The van der Waals surface area contributed by atoms with Crippen molar-refractivity contribution in [2.45, 2.75) is 57.1 Å². The summed E-state index contributed by atoms with van der Waals surface area (Å²) >= 11 is 0. The summed E-state index contributed by atoms with van der Waals surface area (Å²) in [5.41, 5.74) is 0.682. The third-order valence-electron chi connectivity index (χ3n) is 3.98. The van der Waals surface area contributed by atoms with Crippen LogP contribution in [0.15, 0.2) is 23.3 Å². The largest absolute Gasteiger partial charge is 0.429 e. The van der Waals surface area contributed by atoms with E-state index in [1.807, 2.05) is 0 Å². The second-order valence-corrected chi connectivity index (χ2v) is 5.87. The van der Waals surface area contributed by atoms with Crippen molar-refractivity contribution in [3.63, 3.8) is 0 Å². The molecule has 1 aliphatic heterocycles. The summed E-state index contributed by atoms with van der Waals surface area (Å²) in [6, 6.07) is 0. The Morgan fingerprint density at radius 2 is 1.76 bits per heavy atom. The van der Waals surface area contributed by atoms with Crippen LogP contribution in [0.5, 0.6) is 0 Å². The van der Waals surface area contributed by atoms with Gasteiger partial charge in [0, 0.05) is 5.57 Å². The monoisotopic (exact) mass is 362 g/mol. The van der Waals surface area contributed by atoms with Crippen LogP contribution in [-0.2, 0) is 14.3 Å². The first-order chi connectivity index (χ1) is 11.7. The zero-order valence-corrected chi connectivity index (χ0v) is 14.1. The standard InChI is InChI=1S/C16H26O9/c1-8(5-6-17)10(19)4-3-9(2)15(23)25-16-14(22)13(21)12(20)11(7-18)24-16/h3,5,10-14,16-22H,4,6-7H2,1-2H3/b8-5+,9-3+/t10-,11-,12-,13+,14-,16+/m1/s1. The molecular formula is C16H26O9. The van der Waals surface area contributed by atoms with Crippen LogP contribution in [0.2, 0.25) is 0 Å². The molecule has 6 N–H and O–H groups in total. The van der Waals surface area contributed by atoms with Gasteiger partial charge in [-0.3, -0.25) is 0 Å². The smallest absolute Gasteiger partial charge is 0.335 e. The lowest BCUT2D eigenvalue weighted by Gasteiger charge is -2.39. The maximum absolute atomic E-state index is 12.0. The fourth-order valence-electron chi connectivity index (χ4n) is 2.20. The van der Waals surface area contributed by atoms with Crippen molar-refractivity contribution in [2.24, 2.45) is 0 Å². The predicted molar refractivity (Wildman–Crippen MR) is 85.1 cm³/mol. The Morgan fingerprint density at radius 3 is 2.32 bits per heavy atom. The molecule has 1 heterocycles. The average Bonchev–Trinajstić information content (AvgIpc) is 2.59. The van der Waals surface area contributed by atoms with Gasteiger partial charge in [0.15, 0.2) is 0 Å². The Labute approximate surface area is 145 Å². The molecule has 1 aliphatic rings. The summed E-state index contributed by atoms with van der Waals surface area (Å²) < 4.78 is 10.0. The summed E-state index contributed by atoms with van der Waals surface area (Å²) in [5, 5.41) is 56.8. The molecule has 6 atom stereocenters. The van der Waals surface area contributed by atoms with E-state index in [0.29, 0.717) is 5.57 Å². The normalized spacial score (nSPS) is 32.4. The first-order valence-electron chi connectivity index (χ1n) is 7.86. The number of carbonyl (C=O) groups is 1. The number of hydrogen-bond donors (Lipinski definition) is 6. The number of aliphatic hydroxyl groups is 6. The molecule has 0 aliphatic carbocycles. The van der Waals surface area contributed by atoms with Gasteiger partial charge in [0.25, 0.3) is 0 Å². The molecule has 0 aromatic rings. The molecule has 0 spiro atoms. The molecule has 0 unspecified atom stereocenters. The molecule has 9 heteroatoms. The molecule has 0 radical (unpaired) electrons. The minimum absolute atomic E-state index is 0.109. The van der Waals surface area contributed by atoms with Gasteiger partial charge in [0.1, 0.15) is 24.4 Å². The van der Waals surface area contributed by atoms with Gasteiger partial charge in [-0.2, -0.15) is 0 Å². The molecule has 144 valence electrons. The first kappa shape index (κ1) is 21.7. The van der Waals surface area contributed by atoms with Gasteiger partial charge in [-0.15, -0.1) is 0 Å². The Bertz CT molecular complexity index is 500. The lowest BCUT2D eigenvalue weighted by atomic mass is 9.99. The van der Waals surface area contributed by atoms with Crippen LogP contribution >= 0.6 is 0 Å². The number of carbonyl (C=O) groups excluding carboxylic acids is 1. The predicted octanol–water partition coefficient (Wildman–Crippen LogP) is -2.03. The van der Waals surface area contributed by atoms with E-state index in [-0.39, 0.29) is 18.6 Å². The highest BCUT2D eigenvalue weighted by atomic mass is 16.7. The zero-order valence-electron chi connectivity index (χ0n) is 14.1. The topological polar surface area (TPSA) is 157 Å². The molecule has 0 aromatic heterocycles. The molecule has 9 nitrogen and oxygen atoms in total. The van der Waals surface area contributed by atoms with Crippen LogP contribution in [0.3, 0.4) is 0 Å². The van der Waals surface area contributed by atoms with E-state index in [1.54, 1.807) is 6.92 Å². The van der Waals surface area contributed by atoms with Crippen molar-refractivity contribution in [3.8, 4) is 0 Å². The van der Waals surface area contributed by atoms with E-state index >= 15 is 0 Å². The quantitative estimate of drug-likeness (QED) is 0.171. The summed E-state index contributed by atoms with van der Waals surface area (Å²) in [6.07, 6.45) is -5.47. The molecule has 1 fully saturated rings. The highest BCUT2D eigenvalue weighted by Crippen LogP contribution is 2.22. The van der Waals surface area contributed by atoms with Crippen molar-refractivity contribution in [3.05, 3.63) is 23.3 Å². The number of hydrogen-bond acceptors (Lipinski definition) is 9. The molecule has 1 saturated heterocycles. The molecule has 0 saturated carbocycles. The summed E-state index contributed by atoms with van der Waals surface area (Å²) in [5.74, 6) is -0.847. The van der Waals surface area contributed by atoms with Crippen LogP contribution in [0.25, 0.3) is 0 Å². The van der Waals surface area contributed by atoms with Gasteiger partial charge in [0.05, 0.1) is 19.3 Å². The molecule has 25 heavy (non-hydrogen) atoms. The lowest BCUT2D eigenvalue weighted by Crippen LogP contribution is -2.59. The Kier molecular flexibility index (Phi) is 8.66. The second kappa shape index (κ2) is 9.97. The van der Waals surface area contributed by atoms with Crippen LogP contribution < -0.4 is 0 Å². The maximum atomic E-state index is 12.0. The van der Waals surface area contributed by atoms with Crippen molar-refractivity contribution >= 4 is 5.97 Å². The minimum atomic E-state index is -1.67. The maximum Gasteiger partial charge on any atom is 0.335 e. The molecule has 0 amide bonds. The van der Waals surface area contributed by atoms with E-state index in [2.05, 4.69) is 0 Å². The minimum Gasteiger partial charge on any atom is -0.429 e. The lowest BCUT2D eigenvalue weighted by molar-refractivity contribution is -0.291. The third-order valence-corrected chi connectivity index (χ3v) is 3.98. The fourth-order valence-corrected chi connectivity index (χ4v) is 2.20. The van der Waals surface area contributed by atoms with Crippen molar-refractivity contribution < 1.29 is 44.9 Å². The number of rotatable bonds is 7. The van der Waals surface area contributed by atoms with Crippen LogP contribution in [-0.4, -0.2) is 86.6 Å². The Balaban J connectivity index is 2.67. The Morgan fingerprint density at radius 1 is 1.12 bits per heavy atom. The highest BCUT2D eigenvalue weighted by molar-refractivity contribution is 5.87. The van der Waals surface area contributed by atoms with E-state index in [0.717, 1.165) is 0 Å². The van der Waals surface area contributed by atoms with E-state index < -0.39 is 49.4 Å². The molecule has 1 rings (SSSR count). The fraction of sp³-hybridized carbons (Fsp3) is 0.688. The van der Waals surface area contributed by atoms with Crippen LogP contribution in [0.1, 0.15) is 20.3 Å². The molecular weight excluding hydrogens is 336 g/mol. The summed E-state index contributed by atoms with van der Waals surface area (Å²) in [4.78, 5) is 12.0.